The SMILES string of the molecule is N#C/C(=C/c1cc(Cl)c(OCC(=O)Nc2ccc(Cl)c(Cl)c2)c(Cl)c1)C(=O)Nc1ccc(Cl)cc1. The molecule has 2 N–H and O–H groups in total. The molecular formula is C24H14Cl5N3O3. The van der Waals surface area contributed by atoms with Crippen molar-refractivity contribution in [2.45, 2.75) is 0 Å². The number of benzene rings is 3. The summed E-state index contributed by atoms with van der Waals surface area (Å²) in [5, 5.41) is 16.0. The number of carbonyl (C=O) groups excluding carboxylic acids is 2. The number of hydrogen-bond donors (Lipinski definition) is 2. The van der Waals surface area contributed by atoms with Crippen molar-refractivity contribution in [1.29, 1.82) is 5.26 Å². The van der Waals surface area contributed by atoms with E-state index in [1.807, 2.05) is 6.07 Å². The monoisotopic (exact) mass is 567 g/mol. The van der Waals surface area contributed by atoms with E-state index < -0.39 is 11.8 Å². The minimum atomic E-state index is -0.624. The Morgan fingerprint density at radius 2 is 1.46 bits per heavy atom. The second-order valence-electron chi connectivity index (χ2n) is 6.91. The van der Waals surface area contributed by atoms with Gasteiger partial charge in [0.15, 0.2) is 12.4 Å². The van der Waals surface area contributed by atoms with Gasteiger partial charge in [-0.1, -0.05) is 58.0 Å². The first kappa shape index (κ1) is 26.7. The highest BCUT2D eigenvalue weighted by Crippen LogP contribution is 2.35. The molecule has 0 aliphatic rings. The average Bonchev–Trinajstić information content (AvgIpc) is 2.80. The summed E-state index contributed by atoms with van der Waals surface area (Å²) < 4.78 is 5.47. The molecule has 0 aliphatic carbocycles. The van der Waals surface area contributed by atoms with E-state index >= 15 is 0 Å². The number of nitriles is 1. The first-order valence-electron chi connectivity index (χ1n) is 9.71. The molecule has 0 saturated carbocycles. The Morgan fingerprint density at radius 1 is 0.829 bits per heavy atom. The minimum absolute atomic E-state index is 0.0684. The van der Waals surface area contributed by atoms with Gasteiger partial charge >= 0.3 is 0 Å². The maximum atomic E-state index is 12.5. The van der Waals surface area contributed by atoms with Crippen LogP contribution < -0.4 is 15.4 Å². The predicted octanol–water partition coefficient (Wildman–Crippen LogP) is 7.52. The molecule has 0 fully saturated rings. The highest BCUT2D eigenvalue weighted by molar-refractivity contribution is 6.42. The van der Waals surface area contributed by atoms with Crippen molar-refractivity contribution in [2.75, 3.05) is 17.2 Å². The Hall–Kier alpha value is -2.92. The standard InChI is InChI=1S/C24H14Cl5N3O3/c25-15-1-3-16(4-2-15)32-24(34)14(11-30)7-13-8-20(28)23(21(29)9-13)35-12-22(33)31-17-5-6-18(26)19(27)10-17/h1-10H,12H2,(H,31,33)(H,32,34)/b14-7-. The largest absolute Gasteiger partial charge is 0.481 e. The molecule has 0 aromatic heterocycles. The van der Waals surface area contributed by atoms with Crippen LogP contribution in [-0.2, 0) is 9.59 Å². The van der Waals surface area contributed by atoms with Crippen molar-refractivity contribution in [3.05, 3.63) is 90.8 Å². The zero-order chi connectivity index (χ0) is 25.5. The smallest absolute Gasteiger partial charge is 0.266 e. The van der Waals surface area contributed by atoms with Crippen molar-refractivity contribution >= 4 is 87.3 Å². The van der Waals surface area contributed by atoms with Crippen LogP contribution >= 0.6 is 58.0 Å². The number of rotatable bonds is 7. The van der Waals surface area contributed by atoms with Crippen molar-refractivity contribution in [3.8, 4) is 11.8 Å². The highest BCUT2D eigenvalue weighted by atomic mass is 35.5. The molecule has 3 rings (SSSR count). The quantitative estimate of drug-likeness (QED) is 0.227. The Labute approximate surface area is 225 Å². The highest BCUT2D eigenvalue weighted by Gasteiger charge is 2.14. The molecule has 35 heavy (non-hydrogen) atoms. The van der Waals surface area contributed by atoms with Gasteiger partial charge in [0, 0.05) is 16.4 Å². The van der Waals surface area contributed by atoms with Gasteiger partial charge in [-0.3, -0.25) is 9.59 Å². The lowest BCUT2D eigenvalue weighted by atomic mass is 10.1. The zero-order valence-corrected chi connectivity index (χ0v) is 21.3. The van der Waals surface area contributed by atoms with Gasteiger partial charge in [-0.15, -0.1) is 0 Å². The molecule has 0 aliphatic heterocycles. The second kappa shape index (κ2) is 12.2. The summed E-state index contributed by atoms with van der Waals surface area (Å²) in [6.45, 7) is -0.387. The maximum absolute atomic E-state index is 12.5. The number of carbonyl (C=O) groups is 2. The van der Waals surface area contributed by atoms with E-state index in [4.69, 9.17) is 62.7 Å². The van der Waals surface area contributed by atoms with Crippen LogP contribution in [0.2, 0.25) is 25.1 Å². The van der Waals surface area contributed by atoms with Crippen molar-refractivity contribution in [3.63, 3.8) is 0 Å². The molecule has 3 aromatic carbocycles. The van der Waals surface area contributed by atoms with Gasteiger partial charge in [-0.25, -0.2) is 0 Å². The van der Waals surface area contributed by atoms with E-state index in [0.29, 0.717) is 32.0 Å². The van der Waals surface area contributed by atoms with E-state index in [0.717, 1.165) is 0 Å². The first-order valence-corrected chi connectivity index (χ1v) is 11.6. The lowest BCUT2D eigenvalue weighted by molar-refractivity contribution is -0.118. The van der Waals surface area contributed by atoms with Gasteiger partial charge in [0.2, 0.25) is 0 Å². The van der Waals surface area contributed by atoms with Crippen molar-refractivity contribution < 1.29 is 14.3 Å². The number of nitrogens with zero attached hydrogens (tertiary/aromatic N) is 1. The molecule has 0 spiro atoms. The number of hydrogen-bond acceptors (Lipinski definition) is 4. The van der Waals surface area contributed by atoms with Crippen LogP contribution in [0.4, 0.5) is 11.4 Å². The third-order valence-electron chi connectivity index (χ3n) is 4.35. The summed E-state index contributed by atoms with van der Waals surface area (Å²) in [6.07, 6.45) is 1.32. The summed E-state index contributed by atoms with van der Waals surface area (Å²) in [5.74, 6) is -1.04. The van der Waals surface area contributed by atoms with Crippen LogP contribution in [0.15, 0.2) is 60.2 Å². The Kier molecular flexibility index (Phi) is 9.27. The number of amides is 2. The summed E-state index contributed by atoms with van der Waals surface area (Å²) in [5.41, 5.74) is 1.11. The molecule has 0 heterocycles. The summed E-state index contributed by atoms with van der Waals surface area (Å²) in [6, 6.07) is 15.8. The maximum Gasteiger partial charge on any atom is 0.266 e. The molecule has 6 nitrogen and oxygen atoms in total. The Bertz CT molecular complexity index is 1330. The van der Waals surface area contributed by atoms with E-state index in [-0.39, 0.29) is 28.0 Å². The van der Waals surface area contributed by atoms with Crippen LogP contribution in [-0.4, -0.2) is 18.4 Å². The number of anilines is 2. The first-order chi connectivity index (χ1) is 16.7. The van der Waals surface area contributed by atoms with Gasteiger partial charge in [-0.2, -0.15) is 5.26 Å². The fourth-order valence-electron chi connectivity index (χ4n) is 2.76. The molecule has 0 unspecified atom stereocenters. The van der Waals surface area contributed by atoms with Crippen LogP contribution in [0.25, 0.3) is 6.08 Å². The topological polar surface area (TPSA) is 91.2 Å². The van der Waals surface area contributed by atoms with Crippen LogP contribution in [0.1, 0.15) is 5.56 Å². The average molecular weight is 570 g/mol. The third-order valence-corrected chi connectivity index (χ3v) is 5.90. The zero-order valence-electron chi connectivity index (χ0n) is 17.5. The van der Waals surface area contributed by atoms with E-state index in [1.165, 1.54) is 24.3 Å². The van der Waals surface area contributed by atoms with Gasteiger partial charge in [0.05, 0.1) is 20.1 Å². The van der Waals surface area contributed by atoms with E-state index in [2.05, 4.69) is 10.6 Å². The molecular weight excluding hydrogens is 556 g/mol. The van der Waals surface area contributed by atoms with Crippen molar-refractivity contribution in [1.82, 2.24) is 0 Å². The fourth-order valence-corrected chi connectivity index (χ4v) is 3.79. The van der Waals surface area contributed by atoms with Crippen LogP contribution in [0.3, 0.4) is 0 Å². The Morgan fingerprint density at radius 3 is 2.06 bits per heavy atom. The van der Waals surface area contributed by atoms with Gasteiger partial charge in [0.25, 0.3) is 11.8 Å². The third kappa shape index (κ3) is 7.53. The van der Waals surface area contributed by atoms with Crippen LogP contribution in [0, 0.1) is 11.3 Å². The lowest BCUT2D eigenvalue weighted by Gasteiger charge is -2.12. The molecule has 0 bridgehead atoms. The van der Waals surface area contributed by atoms with Gasteiger partial charge in [-0.05, 0) is 66.2 Å². The number of ether oxygens (including phenoxy) is 1. The molecule has 0 radical (unpaired) electrons. The van der Waals surface area contributed by atoms with E-state index in [9.17, 15) is 14.9 Å². The number of nitrogens with one attached hydrogen (secondary N) is 2. The lowest BCUT2D eigenvalue weighted by Crippen LogP contribution is -2.20. The molecule has 0 atom stereocenters. The van der Waals surface area contributed by atoms with Gasteiger partial charge < -0.3 is 15.4 Å². The normalized spacial score (nSPS) is 10.9. The van der Waals surface area contributed by atoms with E-state index in [1.54, 1.807) is 36.4 Å². The number of halogens is 5. The van der Waals surface area contributed by atoms with Gasteiger partial charge in [0.1, 0.15) is 11.6 Å². The predicted molar refractivity (Wildman–Crippen MR) is 141 cm³/mol. The summed E-state index contributed by atoms with van der Waals surface area (Å²) in [4.78, 5) is 24.7. The Balaban J connectivity index is 1.68. The van der Waals surface area contributed by atoms with Crippen molar-refractivity contribution in [2.24, 2.45) is 0 Å². The summed E-state index contributed by atoms with van der Waals surface area (Å²) in [7, 11) is 0. The van der Waals surface area contributed by atoms with Crippen LogP contribution in [0.5, 0.6) is 5.75 Å². The molecule has 178 valence electrons. The fraction of sp³-hybridized carbons (Fsp3) is 0.0417. The minimum Gasteiger partial charge on any atom is -0.481 e. The molecule has 2 amide bonds. The summed E-state index contributed by atoms with van der Waals surface area (Å²) >= 11 is 30.2. The molecule has 11 heteroatoms. The molecule has 0 saturated heterocycles. The molecule has 3 aromatic rings. The second-order valence-corrected chi connectivity index (χ2v) is 8.98.